The van der Waals surface area contributed by atoms with Gasteiger partial charge in [0.15, 0.2) is 5.84 Å². The maximum Gasteiger partial charge on any atom is 0.177 e. The minimum absolute atomic E-state index is 0.686. The number of amidine groups is 1. The molecule has 4 aromatic rings. The molecule has 0 unspecified atom stereocenters. The second kappa shape index (κ2) is 9.30. The maximum atomic E-state index is 4.78. The summed E-state index contributed by atoms with van der Waals surface area (Å²) < 4.78 is 2.03. The summed E-state index contributed by atoms with van der Waals surface area (Å²) in [5, 5.41) is 12.4. The van der Waals surface area contributed by atoms with Crippen LogP contribution in [0.5, 0.6) is 0 Å². The minimum Gasteiger partial charge on any atom is -0.266 e. The molecule has 0 amide bonds. The largest absolute Gasteiger partial charge is 0.266 e. The molecule has 32 heavy (non-hydrogen) atoms. The Bertz CT molecular complexity index is 1220. The van der Waals surface area contributed by atoms with E-state index in [9.17, 15) is 0 Å². The lowest BCUT2D eigenvalue weighted by molar-refractivity contribution is 0.288. The number of hydrazine groups is 2. The first-order valence-electron chi connectivity index (χ1n) is 10.5. The van der Waals surface area contributed by atoms with Crippen LogP contribution in [0.4, 0.5) is 0 Å². The monoisotopic (exact) mass is 440 g/mol. The molecular formula is C25H24N6S. The first-order valence-corrected chi connectivity index (χ1v) is 11.5. The van der Waals surface area contributed by atoms with Crippen molar-refractivity contribution in [3.05, 3.63) is 113 Å². The van der Waals surface area contributed by atoms with Crippen LogP contribution in [-0.4, -0.2) is 20.6 Å². The lowest BCUT2D eigenvalue weighted by Crippen LogP contribution is -2.40. The van der Waals surface area contributed by atoms with E-state index >= 15 is 0 Å². The Morgan fingerprint density at radius 3 is 2.28 bits per heavy atom. The molecule has 0 bridgehead atoms. The average molecular weight is 441 g/mol. The van der Waals surface area contributed by atoms with E-state index in [2.05, 4.69) is 77.7 Å². The van der Waals surface area contributed by atoms with E-state index < -0.39 is 0 Å². The SMILES string of the molecule is Cc1ccccc1-n1ncc(C2=NNNN2Cc2ccccc2)c1SCc1ccccc1. The summed E-state index contributed by atoms with van der Waals surface area (Å²) in [6.07, 6.45) is 1.91. The van der Waals surface area contributed by atoms with Gasteiger partial charge < -0.3 is 0 Å². The van der Waals surface area contributed by atoms with Gasteiger partial charge in [-0.3, -0.25) is 5.01 Å². The lowest BCUT2D eigenvalue weighted by atomic mass is 10.2. The molecule has 7 heteroatoms. The van der Waals surface area contributed by atoms with Gasteiger partial charge in [-0.15, -0.1) is 22.4 Å². The summed E-state index contributed by atoms with van der Waals surface area (Å²) >= 11 is 1.77. The molecule has 0 spiro atoms. The van der Waals surface area contributed by atoms with Gasteiger partial charge >= 0.3 is 0 Å². The highest BCUT2D eigenvalue weighted by atomic mass is 32.2. The fourth-order valence-corrected chi connectivity index (χ4v) is 4.73. The van der Waals surface area contributed by atoms with E-state index in [0.717, 1.165) is 27.9 Å². The summed E-state index contributed by atoms with van der Waals surface area (Å²) in [5.74, 6) is 1.67. The number of nitrogens with one attached hydrogen (secondary N) is 2. The number of hydrazone groups is 1. The van der Waals surface area contributed by atoms with E-state index in [1.54, 1.807) is 11.8 Å². The van der Waals surface area contributed by atoms with Crippen molar-refractivity contribution in [3.8, 4) is 5.69 Å². The highest BCUT2D eigenvalue weighted by Crippen LogP contribution is 2.31. The van der Waals surface area contributed by atoms with Crippen LogP contribution in [0.2, 0.25) is 0 Å². The zero-order valence-electron chi connectivity index (χ0n) is 17.8. The Hall–Kier alpha value is -3.55. The molecular weight excluding hydrogens is 416 g/mol. The van der Waals surface area contributed by atoms with E-state index in [1.165, 1.54) is 16.7 Å². The molecule has 1 aliphatic heterocycles. The van der Waals surface area contributed by atoms with Gasteiger partial charge in [0.2, 0.25) is 0 Å². The van der Waals surface area contributed by atoms with E-state index in [0.29, 0.717) is 6.54 Å². The molecule has 2 N–H and O–H groups in total. The third kappa shape index (κ3) is 4.26. The van der Waals surface area contributed by atoms with Crippen molar-refractivity contribution in [2.24, 2.45) is 5.10 Å². The van der Waals surface area contributed by atoms with Crippen LogP contribution in [-0.2, 0) is 12.3 Å². The molecule has 160 valence electrons. The van der Waals surface area contributed by atoms with Gasteiger partial charge in [0.25, 0.3) is 0 Å². The van der Waals surface area contributed by atoms with Gasteiger partial charge in [0, 0.05) is 5.75 Å². The number of hydrogen-bond donors (Lipinski definition) is 2. The first kappa shape index (κ1) is 20.4. The topological polar surface area (TPSA) is 57.5 Å². The summed E-state index contributed by atoms with van der Waals surface area (Å²) in [6, 6.07) is 29.2. The molecule has 0 aliphatic carbocycles. The van der Waals surface area contributed by atoms with Crippen molar-refractivity contribution in [3.63, 3.8) is 0 Å². The molecule has 2 heterocycles. The van der Waals surface area contributed by atoms with Crippen LogP contribution in [0.1, 0.15) is 22.3 Å². The predicted molar refractivity (Wildman–Crippen MR) is 129 cm³/mol. The zero-order valence-corrected chi connectivity index (χ0v) is 18.6. The predicted octanol–water partition coefficient (Wildman–Crippen LogP) is 4.66. The van der Waals surface area contributed by atoms with Gasteiger partial charge in [-0.25, -0.2) is 10.2 Å². The van der Waals surface area contributed by atoms with E-state index in [1.807, 2.05) is 46.2 Å². The van der Waals surface area contributed by atoms with Crippen LogP contribution in [0.15, 0.2) is 101 Å². The van der Waals surface area contributed by atoms with Gasteiger partial charge in [0.1, 0.15) is 5.03 Å². The Morgan fingerprint density at radius 1 is 0.844 bits per heavy atom. The highest BCUT2D eigenvalue weighted by Gasteiger charge is 2.26. The molecule has 1 aromatic heterocycles. The molecule has 0 fully saturated rings. The van der Waals surface area contributed by atoms with Crippen molar-refractivity contribution in [2.45, 2.75) is 24.2 Å². The maximum absolute atomic E-state index is 4.78. The first-order chi connectivity index (χ1) is 15.8. The van der Waals surface area contributed by atoms with Crippen molar-refractivity contribution < 1.29 is 0 Å². The molecule has 0 saturated carbocycles. The highest BCUT2D eigenvalue weighted by molar-refractivity contribution is 7.98. The standard InChI is InChI=1S/C25H24N6S/c1-19-10-8-9-15-23(19)31-25(32-18-21-13-6-3-7-14-21)22(16-26-31)24-27-28-29-30(24)17-20-11-4-2-5-12-20/h2-16,28-29H,17-18H2,1H3. The van der Waals surface area contributed by atoms with Crippen molar-refractivity contribution >= 4 is 17.6 Å². The summed E-state index contributed by atoms with van der Waals surface area (Å²) in [5.41, 5.74) is 11.8. The minimum atomic E-state index is 0.686. The van der Waals surface area contributed by atoms with Crippen LogP contribution in [0.25, 0.3) is 5.69 Å². The third-order valence-electron chi connectivity index (χ3n) is 5.31. The third-order valence-corrected chi connectivity index (χ3v) is 6.46. The molecule has 5 rings (SSSR count). The van der Waals surface area contributed by atoms with Gasteiger partial charge in [-0.1, -0.05) is 78.9 Å². The van der Waals surface area contributed by atoms with Crippen molar-refractivity contribution in [2.75, 3.05) is 0 Å². The van der Waals surface area contributed by atoms with Crippen LogP contribution in [0, 0.1) is 6.92 Å². The van der Waals surface area contributed by atoms with Crippen LogP contribution < -0.4 is 11.1 Å². The van der Waals surface area contributed by atoms with Crippen LogP contribution in [0.3, 0.4) is 0 Å². The number of aromatic nitrogens is 2. The van der Waals surface area contributed by atoms with E-state index in [-0.39, 0.29) is 0 Å². The quantitative estimate of drug-likeness (QED) is 0.410. The Balaban J connectivity index is 1.50. The number of benzene rings is 3. The fraction of sp³-hybridized carbons (Fsp3) is 0.120. The zero-order chi connectivity index (χ0) is 21.8. The molecule has 1 aliphatic rings. The number of thioether (sulfide) groups is 1. The Kier molecular flexibility index (Phi) is 5.91. The number of aryl methyl sites for hydroxylation is 1. The summed E-state index contributed by atoms with van der Waals surface area (Å²) in [6.45, 7) is 2.80. The molecule has 6 nitrogen and oxygen atoms in total. The lowest BCUT2D eigenvalue weighted by Gasteiger charge is -2.19. The van der Waals surface area contributed by atoms with Crippen LogP contribution >= 0.6 is 11.8 Å². The second-order valence-electron chi connectivity index (χ2n) is 7.57. The number of hydrogen-bond acceptors (Lipinski definition) is 6. The summed E-state index contributed by atoms with van der Waals surface area (Å²) in [7, 11) is 0. The number of rotatable bonds is 7. The van der Waals surface area contributed by atoms with Crippen molar-refractivity contribution in [1.82, 2.24) is 25.9 Å². The average Bonchev–Trinajstić information content (AvgIpc) is 3.46. The Labute approximate surface area is 191 Å². The van der Waals surface area contributed by atoms with Gasteiger partial charge in [-0.05, 0) is 29.7 Å². The smallest absolute Gasteiger partial charge is 0.177 e. The Morgan fingerprint density at radius 2 is 1.53 bits per heavy atom. The molecule has 0 saturated heterocycles. The number of para-hydroxylation sites is 1. The number of nitrogens with zero attached hydrogens (tertiary/aromatic N) is 4. The van der Waals surface area contributed by atoms with Gasteiger partial charge in [-0.2, -0.15) is 5.10 Å². The second-order valence-corrected chi connectivity index (χ2v) is 8.53. The molecule has 3 aromatic carbocycles. The molecule has 0 radical (unpaired) electrons. The summed E-state index contributed by atoms with van der Waals surface area (Å²) in [4.78, 5) is 0. The van der Waals surface area contributed by atoms with E-state index in [4.69, 9.17) is 5.10 Å². The van der Waals surface area contributed by atoms with Crippen molar-refractivity contribution in [1.29, 1.82) is 0 Å². The fourth-order valence-electron chi connectivity index (χ4n) is 3.67. The molecule has 0 atom stereocenters. The van der Waals surface area contributed by atoms with Gasteiger partial charge in [0.05, 0.1) is 24.0 Å². The normalized spacial score (nSPS) is 13.2.